The number of likely N-dealkylation sites (tertiary alicyclic amines) is 1. The first kappa shape index (κ1) is 16.7. The summed E-state index contributed by atoms with van der Waals surface area (Å²) < 4.78 is 4.79. The molecule has 0 saturated carbocycles. The van der Waals surface area contributed by atoms with Crippen LogP contribution >= 0.6 is 0 Å². The minimum Gasteiger partial charge on any atom is -0.480 e. The number of piperidine rings is 1. The Balaban J connectivity index is 2.39. The Morgan fingerprint density at radius 1 is 1.45 bits per heavy atom. The molecule has 0 aromatic carbocycles. The van der Waals surface area contributed by atoms with Crippen LogP contribution in [0.5, 0.6) is 0 Å². The largest absolute Gasteiger partial charge is 0.480 e. The van der Waals surface area contributed by atoms with Crippen LogP contribution < -0.4 is 5.32 Å². The minimum absolute atomic E-state index is 0.0386. The van der Waals surface area contributed by atoms with Gasteiger partial charge in [0.15, 0.2) is 6.04 Å². The summed E-state index contributed by atoms with van der Waals surface area (Å²) in [4.78, 5) is 26.7. The van der Waals surface area contributed by atoms with Crippen molar-refractivity contribution in [3.63, 3.8) is 0 Å². The van der Waals surface area contributed by atoms with Gasteiger partial charge in [-0.3, -0.25) is 0 Å². The summed E-state index contributed by atoms with van der Waals surface area (Å²) in [5.74, 6) is -0.611. The van der Waals surface area contributed by atoms with Gasteiger partial charge in [-0.2, -0.15) is 0 Å². The maximum Gasteiger partial charge on any atom is 0.328 e. The van der Waals surface area contributed by atoms with Crippen LogP contribution in [0.4, 0.5) is 4.79 Å². The van der Waals surface area contributed by atoms with E-state index in [-0.39, 0.29) is 12.6 Å². The van der Waals surface area contributed by atoms with Gasteiger partial charge in [0.25, 0.3) is 0 Å². The van der Waals surface area contributed by atoms with Crippen LogP contribution in [-0.4, -0.2) is 80.4 Å². The average molecular weight is 287 g/mol. The normalized spacial score (nSPS) is 18.6. The number of ether oxygens (including phenoxy) is 1. The lowest BCUT2D eigenvalue weighted by atomic mass is 9.97. The van der Waals surface area contributed by atoms with Gasteiger partial charge < -0.3 is 25.0 Å². The molecule has 1 heterocycles. The van der Waals surface area contributed by atoms with E-state index in [1.54, 1.807) is 11.9 Å². The molecular formula is C13H25N3O4. The smallest absolute Gasteiger partial charge is 0.328 e. The van der Waals surface area contributed by atoms with E-state index in [2.05, 4.69) is 17.3 Å². The van der Waals surface area contributed by atoms with E-state index in [4.69, 9.17) is 9.84 Å². The Hall–Kier alpha value is -1.34. The topological polar surface area (TPSA) is 82.1 Å². The van der Waals surface area contributed by atoms with E-state index in [9.17, 15) is 9.59 Å². The third-order valence-electron chi connectivity index (χ3n) is 3.65. The molecule has 1 unspecified atom stereocenters. The quantitative estimate of drug-likeness (QED) is 0.722. The Kier molecular flexibility index (Phi) is 6.74. The highest BCUT2D eigenvalue weighted by Crippen LogP contribution is 2.16. The molecule has 0 aliphatic carbocycles. The summed E-state index contributed by atoms with van der Waals surface area (Å²) in [6.07, 6.45) is 2.13. The van der Waals surface area contributed by atoms with Crippen LogP contribution in [0.3, 0.4) is 0 Å². The van der Waals surface area contributed by atoms with Crippen molar-refractivity contribution in [2.24, 2.45) is 5.92 Å². The fourth-order valence-corrected chi connectivity index (χ4v) is 2.32. The van der Waals surface area contributed by atoms with Gasteiger partial charge in [-0.05, 0) is 38.9 Å². The molecule has 1 rings (SSSR count). The third kappa shape index (κ3) is 5.34. The van der Waals surface area contributed by atoms with E-state index < -0.39 is 12.0 Å². The van der Waals surface area contributed by atoms with Gasteiger partial charge in [0.05, 0.1) is 6.61 Å². The third-order valence-corrected chi connectivity index (χ3v) is 3.65. The molecule has 0 aromatic heterocycles. The monoisotopic (exact) mass is 287 g/mol. The molecule has 1 aliphatic rings. The van der Waals surface area contributed by atoms with Crippen LogP contribution in [0.1, 0.15) is 12.8 Å². The number of rotatable bonds is 6. The fourth-order valence-electron chi connectivity index (χ4n) is 2.32. The number of nitrogens with one attached hydrogen (secondary N) is 1. The molecule has 1 aliphatic heterocycles. The Labute approximate surface area is 119 Å². The van der Waals surface area contributed by atoms with Crippen molar-refractivity contribution in [1.29, 1.82) is 0 Å². The fraction of sp³-hybridized carbons (Fsp3) is 0.846. The molecule has 7 heteroatoms. The summed E-state index contributed by atoms with van der Waals surface area (Å²) in [6, 6.07) is -1.37. The molecule has 2 amide bonds. The Morgan fingerprint density at radius 3 is 2.55 bits per heavy atom. The molecule has 0 bridgehead atoms. The molecule has 116 valence electrons. The molecule has 0 aromatic rings. The summed E-state index contributed by atoms with van der Waals surface area (Å²) in [7, 11) is 5.19. The van der Waals surface area contributed by atoms with Gasteiger partial charge in [-0.25, -0.2) is 9.59 Å². The van der Waals surface area contributed by atoms with Gasteiger partial charge in [0.2, 0.25) is 0 Å². The summed E-state index contributed by atoms with van der Waals surface area (Å²) >= 11 is 0. The van der Waals surface area contributed by atoms with Crippen LogP contribution in [0.2, 0.25) is 0 Å². The number of carboxylic acid groups (broad SMARTS) is 1. The molecule has 0 radical (unpaired) electrons. The first-order valence-corrected chi connectivity index (χ1v) is 6.86. The highest BCUT2D eigenvalue weighted by atomic mass is 16.5. The Morgan fingerprint density at radius 2 is 2.05 bits per heavy atom. The number of carbonyl (C=O) groups is 2. The van der Waals surface area contributed by atoms with Crippen LogP contribution in [0.25, 0.3) is 0 Å². The summed E-state index contributed by atoms with van der Waals surface area (Å²) in [5.41, 5.74) is 0. The predicted molar refractivity (Wildman–Crippen MR) is 74.7 cm³/mol. The number of amides is 2. The van der Waals surface area contributed by atoms with Crippen molar-refractivity contribution in [1.82, 2.24) is 15.1 Å². The average Bonchev–Trinajstić information content (AvgIpc) is 2.40. The van der Waals surface area contributed by atoms with E-state index in [0.29, 0.717) is 12.5 Å². The first-order valence-electron chi connectivity index (χ1n) is 6.86. The number of methoxy groups -OCH3 is 1. The molecule has 7 nitrogen and oxygen atoms in total. The number of carboxylic acids is 1. The highest BCUT2D eigenvalue weighted by Gasteiger charge is 2.24. The molecule has 2 N–H and O–H groups in total. The van der Waals surface area contributed by atoms with Crippen molar-refractivity contribution in [2.45, 2.75) is 18.9 Å². The number of nitrogens with zero attached hydrogens (tertiary/aromatic N) is 2. The second-order valence-electron chi connectivity index (χ2n) is 5.42. The standard InChI is InChI=1S/C13H25N3O4/c1-15-6-4-10(5-7-15)8-16(2)13(19)14-11(9-20-3)12(17)18/h10-11H,4-9H2,1-3H3,(H,14,19)(H,17,18). The lowest BCUT2D eigenvalue weighted by molar-refractivity contribution is -0.140. The van der Waals surface area contributed by atoms with E-state index in [0.717, 1.165) is 25.9 Å². The number of hydrogen-bond acceptors (Lipinski definition) is 4. The van der Waals surface area contributed by atoms with Gasteiger partial charge in [0, 0.05) is 20.7 Å². The minimum atomic E-state index is -1.09. The molecular weight excluding hydrogens is 262 g/mol. The second-order valence-corrected chi connectivity index (χ2v) is 5.42. The predicted octanol–water partition coefficient (Wildman–Crippen LogP) is 0.0692. The second kappa shape index (κ2) is 8.06. The van der Waals surface area contributed by atoms with Crippen LogP contribution in [-0.2, 0) is 9.53 Å². The number of aliphatic carboxylic acids is 1. The first-order chi connectivity index (χ1) is 9.43. The lowest BCUT2D eigenvalue weighted by Crippen LogP contribution is -2.50. The lowest BCUT2D eigenvalue weighted by Gasteiger charge is -2.32. The van der Waals surface area contributed by atoms with Gasteiger partial charge in [-0.15, -0.1) is 0 Å². The zero-order valence-electron chi connectivity index (χ0n) is 12.5. The van der Waals surface area contributed by atoms with Gasteiger partial charge in [-0.1, -0.05) is 0 Å². The zero-order chi connectivity index (χ0) is 15.1. The van der Waals surface area contributed by atoms with Gasteiger partial charge in [0.1, 0.15) is 0 Å². The molecule has 20 heavy (non-hydrogen) atoms. The molecule has 1 atom stereocenters. The van der Waals surface area contributed by atoms with Crippen molar-refractivity contribution in [3.05, 3.63) is 0 Å². The molecule has 1 fully saturated rings. The zero-order valence-corrected chi connectivity index (χ0v) is 12.5. The number of hydrogen-bond donors (Lipinski definition) is 2. The molecule has 1 saturated heterocycles. The van der Waals surface area contributed by atoms with E-state index in [1.165, 1.54) is 7.11 Å². The SMILES string of the molecule is COCC(NC(=O)N(C)CC1CCN(C)CC1)C(=O)O. The van der Waals surface area contributed by atoms with E-state index >= 15 is 0 Å². The van der Waals surface area contributed by atoms with Crippen molar-refractivity contribution < 1.29 is 19.4 Å². The number of carbonyl (C=O) groups excluding carboxylic acids is 1. The van der Waals surface area contributed by atoms with E-state index in [1.807, 2.05) is 0 Å². The van der Waals surface area contributed by atoms with Crippen molar-refractivity contribution in [2.75, 3.05) is 47.4 Å². The summed E-state index contributed by atoms with van der Waals surface area (Å²) in [6.45, 7) is 2.70. The Bertz CT molecular complexity index is 330. The highest BCUT2D eigenvalue weighted by molar-refractivity contribution is 5.82. The van der Waals surface area contributed by atoms with Crippen LogP contribution in [0.15, 0.2) is 0 Å². The molecule has 0 spiro atoms. The maximum absolute atomic E-state index is 12.0. The number of urea groups is 1. The maximum atomic E-state index is 12.0. The summed E-state index contributed by atoms with van der Waals surface area (Å²) in [5, 5.41) is 11.4. The van der Waals surface area contributed by atoms with Crippen molar-refractivity contribution >= 4 is 12.0 Å². The van der Waals surface area contributed by atoms with Crippen molar-refractivity contribution in [3.8, 4) is 0 Å². The van der Waals surface area contributed by atoms with Crippen LogP contribution in [0, 0.1) is 5.92 Å². The van der Waals surface area contributed by atoms with Gasteiger partial charge >= 0.3 is 12.0 Å².